The van der Waals surface area contributed by atoms with Gasteiger partial charge in [0.25, 0.3) is 0 Å². The number of aliphatic carboxylic acids is 1. The van der Waals surface area contributed by atoms with E-state index in [1.165, 1.54) is 83.5 Å². The molecule has 0 unspecified atom stereocenters. The molecule has 0 aliphatic rings. The molecule has 0 bridgehead atoms. The molecule has 0 saturated carbocycles. The van der Waals surface area contributed by atoms with Crippen LogP contribution in [-0.4, -0.2) is 17.0 Å². The summed E-state index contributed by atoms with van der Waals surface area (Å²) in [6.07, 6.45) is 22.1. The van der Waals surface area contributed by atoms with E-state index in [-0.39, 0.29) is 12.6 Å². The third-order valence-electron chi connectivity index (χ3n) is 5.11. The lowest BCUT2D eigenvalue weighted by Gasteiger charge is -2.04. The third kappa shape index (κ3) is 24.8. The molecule has 0 rings (SSSR count). The van der Waals surface area contributed by atoms with Crippen LogP contribution in [0.1, 0.15) is 128 Å². The van der Waals surface area contributed by atoms with Gasteiger partial charge in [-0.2, -0.15) is 0 Å². The van der Waals surface area contributed by atoms with E-state index < -0.39 is 11.9 Å². The third-order valence-corrected chi connectivity index (χ3v) is 5.11. The Labute approximate surface area is 171 Å². The predicted molar refractivity (Wildman–Crippen MR) is 112 cm³/mol. The van der Waals surface area contributed by atoms with Crippen molar-refractivity contribution in [3.8, 4) is 0 Å². The van der Waals surface area contributed by atoms with Gasteiger partial charge in [-0.15, -0.1) is 0 Å². The van der Waals surface area contributed by atoms with Crippen molar-refractivity contribution < 1.29 is 24.2 Å². The molecule has 4 N–H and O–H groups in total. The number of unbranched alkanes of at least 4 members (excludes halogenated alkanes) is 17. The molecule has 0 spiro atoms. The topological polar surface area (TPSA) is 98.6 Å². The standard InChI is InChI=1S/C22H41FO4.H3N/c23-27-22(26)20-18-16-14-12-10-8-6-4-2-1-3-5-7-9-11-13-15-17-19-21(24)25;/h1-20H2,(H,24,25);1H3. The zero-order valence-electron chi connectivity index (χ0n) is 17.9. The number of carboxylic acid groups (broad SMARTS) is 1. The molecule has 0 radical (unpaired) electrons. The van der Waals surface area contributed by atoms with E-state index in [0.29, 0.717) is 6.42 Å². The van der Waals surface area contributed by atoms with Crippen molar-refractivity contribution in [1.29, 1.82) is 0 Å². The molecule has 5 nitrogen and oxygen atoms in total. The smallest absolute Gasteiger partial charge is 0.348 e. The van der Waals surface area contributed by atoms with E-state index in [1.807, 2.05) is 0 Å². The summed E-state index contributed by atoms with van der Waals surface area (Å²) >= 11 is 0. The SMILES string of the molecule is N.O=C(O)CCCCCCCCCCCCCCCCCCCCC(=O)OF. The van der Waals surface area contributed by atoms with Crippen LogP contribution < -0.4 is 6.15 Å². The summed E-state index contributed by atoms with van der Waals surface area (Å²) < 4.78 is 11.5. The molecule has 0 aliphatic carbocycles. The van der Waals surface area contributed by atoms with Gasteiger partial charge in [0.05, 0.1) is 0 Å². The van der Waals surface area contributed by atoms with Gasteiger partial charge in [-0.05, 0) is 12.8 Å². The zero-order chi connectivity index (χ0) is 20.0. The number of carboxylic acids is 1. The normalized spacial score (nSPS) is 10.5. The van der Waals surface area contributed by atoms with Gasteiger partial charge in [0.15, 0.2) is 0 Å². The molecule has 0 aromatic carbocycles. The summed E-state index contributed by atoms with van der Waals surface area (Å²) in [6.45, 7) is 0. The highest BCUT2D eigenvalue weighted by Gasteiger charge is 2.01. The molecule has 6 heteroatoms. The van der Waals surface area contributed by atoms with E-state index in [1.54, 1.807) is 0 Å². The van der Waals surface area contributed by atoms with Gasteiger partial charge >= 0.3 is 11.9 Å². The van der Waals surface area contributed by atoms with Crippen LogP contribution in [0.5, 0.6) is 0 Å². The minimum Gasteiger partial charge on any atom is -0.481 e. The van der Waals surface area contributed by atoms with Gasteiger partial charge in [-0.25, -0.2) is 4.79 Å². The second-order valence-corrected chi connectivity index (χ2v) is 7.71. The van der Waals surface area contributed by atoms with Crippen LogP contribution in [0, 0.1) is 0 Å². The van der Waals surface area contributed by atoms with E-state index >= 15 is 0 Å². The second kappa shape index (κ2) is 23.9. The van der Waals surface area contributed by atoms with Gasteiger partial charge in [-0.1, -0.05) is 103 Å². The molecule has 0 fully saturated rings. The van der Waals surface area contributed by atoms with Gasteiger partial charge in [0.2, 0.25) is 0 Å². The number of hydrogen-bond acceptors (Lipinski definition) is 4. The Balaban J connectivity index is 0. The molecular weight excluding hydrogens is 361 g/mol. The first kappa shape index (κ1) is 29.0. The molecule has 0 heterocycles. The highest BCUT2D eigenvalue weighted by atomic mass is 19.3. The van der Waals surface area contributed by atoms with E-state index in [2.05, 4.69) is 4.94 Å². The van der Waals surface area contributed by atoms with Crippen LogP contribution in [0.25, 0.3) is 0 Å². The lowest BCUT2D eigenvalue weighted by molar-refractivity contribution is -0.183. The Kier molecular flexibility index (Phi) is 24.8. The second-order valence-electron chi connectivity index (χ2n) is 7.71. The monoisotopic (exact) mass is 405 g/mol. The minimum atomic E-state index is -0.747. The lowest BCUT2D eigenvalue weighted by atomic mass is 10.0. The average Bonchev–Trinajstić information content (AvgIpc) is 2.65. The van der Waals surface area contributed by atoms with Crippen molar-refractivity contribution in [2.24, 2.45) is 0 Å². The molecule has 0 aliphatic heterocycles. The molecular formula is C22H44FNO4. The van der Waals surface area contributed by atoms with Gasteiger partial charge in [-0.3, -0.25) is 9.74 Å². The summed E-state index contributed by atoms with van der Waals surface area (Å²) in [4.78, 5) is 24.1. The van der Waals surface area contributed by atoms with E-state index in [9.17, 15) is 14.1 Å². The zero-order valence-corrected chi connectivity index (χ0v) is 17.9. The van der Waals surface area contributed by atoms with Crippen molar-refractivity contribution >= 4 is 11.9 Å². The largest absolute Gasteiger partial charge is 0.481 e. The number of rotatable bonds is 21. The van der Waals surface area contributed by atoms with Crippen molar-refractivity contribution in [2.75, 3.05) is 0 Å². The van der Waals surface area contributed by atoms with Crippen molar-refractivity contribution in [2.45, 2.75) is 128 Å². The van der Waals surface area contributed by atoms with Crippen LogP contribution >= 0.6 is 0 Å². The lowest BCUT2D eigenvalue weighted by Crippen LogP contribution is -1.96. The molecule has 0 saturated heterocycles. The molecule has 0 aromatic heterocycles. The molecule has 0 aromatic rings. The van der Waals surface area contributed by atoms with Crippen molar-refractivity contribution in [1.82, 2.24) is 6.15 Å². The van der Waals surface area contributed by atoms with E-state index in [0.717, 1.165) is 32.1 Å². The Morgan fingerprint density at radius 3 is 1.04 bits per heavy atom. The fraction of sp³-hybridized carbons (Fsp3) is 0.909. The summed E-state index contributed by atoms with van der Waals surface area (Å²) in [7, 11) is 0. The maximum Gasteiger partial charge on any atom is 0.348 e. The van der Waals surface area contributed by atoms with Crippen LogP contribution in [0.3, 0.4) is 0 Å². The van der Waals surface area contributed by atoms with Crippen LogP contribution in [0.4, 0.5) is 4.53 Å². The molecule has 168 valence electrons. The van der Waals surface area contributed by atoms with Gasteiger partial charge in [0, 0.05) is 17.4 Å². The predicted octanol–water partition coefficient (Wildman–Crippen LogP) is 7.46. The van der Waals surface area contributed by atoms with Gasteiger partial charge < -0.3 is 11.3 Å². The Bertz CT molecular complexity index is 353. The van der Waals surface area contributed by atoms with Crippen molar-refractivity contribution in [3.63, 3.8) is 0 Å². The fourth-order valence-corrected chi connectivity index (χ4v) is 3.41. The molecule has 28 heavy (non-hydrogen) atoms. The maximum atomic E-state index is 11.5. The first-order valence-corrected chi connectivity index (χ1v) is 11.2. The first-order chi connectivity index (χ1) is 13.2. The van der Waals surface area contributed by atoms with E-state index in [4.69, 9.17) is 5.11 Å². The fourth-order valence-electron chi connectivity index (χ4n) is 3.41. The maximum absolute atomic E-state index is 11.5. The number of carbonyl (C=O) groups excluding carboxylic acids is 1. The minimum absolute atomic E-state index is 0. The van der Waals surface area contributed by atoms with Crippen LogP contribution in [0.2, 0.25) is 0 Å². The Morgan fingerprint density at radius 2 is 0.786 bits per heavy atom. The first-order valence-electron chi connectivity index (χ1n) is 11.2. The summed E-state index contributed by atoms with van der Waals surface area (Å²) in [5.41, 5.74) is 0. The van der Waals surface area contributed by atoms with Crippen LogP contribution in [-0.2, 0) is 14.5 Å². The molecule has 0 atom stereocenters. The highest BCUT2D eigenvalue weighted by molar-refractivity contribution is 5.68. The number of halogens is 1. The number of hydrogen-bond donors (Lipinski definition) is 2. The average molecular weight is 406 g/mol. The van der Waals surface area contributed by atoms with Gasteiger partial charge in [0.1, 0.15) is 0 Å². The summed E-state index contributed by atoms with van der Waals surface area (Å²) in [5, 5.41) is 8.56. The Hall–Kier alpha value is -1.17. The van der Waals surface area contributed by atoms with Crippen molar-refractivity contribution in [3.05, 3.63) is 0 Å². The highest BCUT2D eigenvalue weighted by Crippen LogP contribution is 2.14. The number of carbonyl (C=O) groups is 2. The van der Waals surface area contributed by atoms with Crippen LogP contribution in [0.15, 0.2) is 0 Å². The molecule has 0 amide bonds. The summed E-state index contributed by atoms with van der Waals surface area (Å²) in [5.74, 6) is -1.42. The summed E-state index contributed by atoms with van der Waals surface area (Å²) in [6, 6.07) is 0. The quantitative estimate of drug-likeness (QED) is 0.193. The Morgan fingerprint density at radius 1 is 0.536 bits per heavy atom.